The van der Waals surface area contributed by atoms with Crippen molar-refractivity contribution in [3.63, 3.8) is 0 Å². The first-order valence-electron chi connectivity index (χ1n) is 10.0. The van der Waals surface area contributed by atoms with Gasteiger partial charge in [0.2, 0.25) is 0 Å². The van der Waals surface area contributed by atoms with Crippen LogP contribution in [0.2, 0.25) is 0 Å². The van der Waals surface area contributed by atoms with Crippen molar-refractivity contribution in [3.8, 4) is 0 Å². The van der Waals surface area contributed by atoms with Crippen LogP contribution in [0.4, 0.5) is 0 Å². The zero-order valence-corrected chi connectivity index (χ0v) is 15.4. The van der Waals surface area contributed by atoms with E-state index >= 15 is 0 Å². The van der Waals surface area contributed by atoms with Crippen LogP contribution in [0.5, 0.6) is 0 Å². The van der Waals surface area contributed by atoms with Crippen molar-refractivity contribution < 1.29 is 30.0 Å². The van der Waals surface area contributed by atoms with Crippen molar-refractivity contribution in [1.82, 2.24) is 0 Å². The molecule has 4 saturated carbocycles. The molecule has 4 N–H and O–H groups in total. The molecule has 0 aromatic carbocycles. The average Bonchev–Trinajstić information content (AvgIpc) is 2.91. The number of aliphatic hydroxyl groups is 2. The van der Waals surface area contributed by atoms with Gasteiger partial charge >= 0.3 is 11.9 Å². The molecule has 146 valence electrons. The molecular weight excluding hydrogens is 336 g/mol. The standard InChI is InChI=1S/C20H30O6/c1-18-7-6-14-12(13(18)2-3-15(18)16(22)23)5-8-19(26)10-11(21)4-9-20(14,19)17(24)25/h11-15,21,26H,2-10H2,1H3,(H,22,23)(H,24,25)/t11-,12+,13+,14+,15-,18-,19+,20+/m0/s1. The summed E-state index contributed by atoms with van der Waals surface area (Å²) >= 11 is 0. The average molecular weight is 366 g/mol. The Bertz CT molecular complexity index is 634. The number of rotatable bonds is 2. The highest BCUT2D eigenvalue weighted by atomic mass is 16.4. The van der Waals surface area contributed by atoms with Crippen LogP contribution in [0.25, 0.3) is 0 Å². The van der Waals surface area contributed by atoms with E-state index in [9.17, 15) is 30.0 Å². The molecule has 4 rings (SSSR count). The van der Waals surface area contributed by atoms with Gasteiger partial charge in [-0.3, -0.25) is 9.59 Å². The van der Waals surface area contributed by atoms with Crippen molar-refractivity contribution in [2.45, 2.75) is 76.4 Å². The van der Waals surface area contributed by atoms with E-state index in [0.29, 0.717) is 38.5 Å². The van der Waals surface area contributed by atoms with Crippen molar-refractivity contribution in [3.05, 3.63) is 0 Å². The predicted molar refractivity (Wildman–Crippen MR) is 92.3 cm³/mol. The summed E-state index contributed by atoms with van der Waals surface area (Å²) < 4.78 is 0. The number of carboxylic acid groups (broad SMARTS) is 2. The summed E-state index contributed by atoms with van der Waals surface area (Å²) in [6, 6.07) is 0. The summed E-state index contributed by atoms with van der Waals surface area (Å²) in [5.41, 5.74) is -2.82. The predicted octanol–water partition coefficient (Wildman–Crippen LogP) is 2.27. The van der Waals surface area contributed by atoms with E-state index in [1.165, 1.54) is 0 Å². The lowest BCUT2D eigenvalue weighted by atomic mass is 9.42. The maximum Gasteiger partial charge on any atom is 0.312 e. The summed E-state index contributed by atoms with van der Waals surface area (Å²) in [6.45, 7) is 2.08. The Balaban J connectivity index is 1.73. The minimum atomic E-state index is -1.35. The summed E-state index contributed by atoms with van der Waals surface area (Å²) in [4.78, 5) is 24.2. The van der Waals surface area contributed by atoms with Gasteiger partial charge in [0.25, 0.3) is 0 Å². The lowest BCUT2D eigenvalue weighted by molar-refractivity contribution is -0.235. The third kappa shape index (κ3) is 2.12. The number of fused-ring (bicyclic) bond motifs is 5. The molecule has 4 fully saturated rings. The fourth-order valence-corrected chi connectivity index (χ4v) is 7.73. The molecule has 0 saturated heterocycles. The maximum absolute atomic E-state index is 12.5. The number of aliphatic hydroxyl groups excluding tert-OH is 1. The molecule has 0 unspecified atom stereocenters. The molecule has 4 aliphatic rings. The van der Waals surface area contributed by atoms with Crippen molar-refractivity contribution in [2.24, 2.45) is 34.5 Å². The molecule has 8 atom stereocenters. The first kappa shape index (κ1) is 18.2. The van der Waals surface area contributed by atoms with Crippen molar-refractivity contribution >= 4 is 11.9 Å². The molecule has 0 heterocycles. The molecule has 0 radical (unpaired) electrons. The number of carboxylic acids is 2. The van der Waals surface area contributed by atoms with Gasteiger partial charge in [-0.1, -0.05) is 6.92 Å². The Morgan fingerprint density at radius 1 is 0.923 bits per heavy atom. The Kier molecular flexibility index (Phi) is 3.98. The first-order chi connectivity index (χ1) is 12.2. The third-order valence-electron chi connectivity index (χ3n) is 8.92. The molecule has 26 heavy (non-hydrogen) atoms. The summed E-state index contributed by atoms with van der Waals surface area (Å²) in [5, 5.41) is 41.3. The fourth-order valence-electron chi connectivity index (χ4n) is 7.73. The minimum absolute atomic E-state index is 0.128. The topological polar surface area (TPSA) is 115 Å². The lowest BCUT2D eigenvalue weighted by Gasteiger charge is -2.62. The fraction of sp³-hybridized carbons (Fsp3) is 0.900. The molecule has 0 bridgehead atoms. The Hall–Kier alpha value is -1.14. The van der Waals surface area contributed by atoms with E-state index in [4.69, 9.17) is 0 Å². The summed E-state index contributed by atoms with van der Waals surface area (Å²) in [5.74, 6) is -1.76. The number of hydrogen-bond acceptors (Lipinski definition) is 4. The second kappa shape index (κ2) is 5.68. The van der Waals surface area contributed by atoms with E-state index in [2.05, 4.69) is 6.92 Å². The van der Waals surface area contributed by atoms with Crippen LogP contribution in [-0.4, -0.2) is 44.1 Å². The van der Waals surface area contributed by atoms with Gasteiger partial charge in [-0.05, 0) is 74.5 Å². The zero-order chi connectivity index (χ0) is 18.9. The van der Waals surface area contributed by atoms with E-state index in [0.717, 1.165) is 12.8 Å². The normalized spacial score (nSPS) is 53.3. The number of hydrogen-bond donors (Lipinski definition) is 4. The lowest BCUT2D eigenvalue weighted by Crippen LogP contribution is -2.67. The van der Waals surface area contributed by atoms with Crippen LogP contribution in [0.1, 0.15) is 64.7 Å². The van der Waals surface area contributed by atoms with Gasteiger partial charge in [0.1, 0.15) is 0 Å². The Morgan fingerprint density at radius 2 is 1.65 bits per heavy atom. The van der Waals surface area contributed by atoms with Gasteiger partial charge in [0.15, 0.2) is 0 Å². The second-order valence-electron chi connectivity index (χ2n) is 9.63. The van der Waals surface area contributed by atoms with Crippen LogP contribution in [0.15, 0.2) is 0 Å². The third-order valence-corrected chi connectivity index (χ3v) is 8.92. The molecule has 4 aliphatic carbocycles. The van der Waals surface area contributed by atoms with Gasteiger partial charge < -0.3 is 20.4 Å². The van der Waals surface area contributed by atoms with E-state index < -0.39 is 29.1 Å². The van der Waals surface area contributed by atoms with E-state index in [-0.39, 0.29) is 35.5 Å². The SMILES string of the molecule is C[C@]12CC[C@@H]3[C@H](CC[C@@]4(O)C[C@@H](O)CC[C@]34C(=O)O)[C@H]1CC[C@H]2C(=O)O. The van der Waals surface area contributed by atoms with Gasteiger partial charge in [-0.2, -0.15) is 0 Å². The minimum Gasteiger partial charge on any atom is -0.481 e. The zero-order valence-electron chi connectivity index (χ0n) is 15.4. The van der Waals surface area contributed by atoms with Gasteiger partial charge in [0, 0.05) is 6.42 Å². The van der Waals surface area contributed by atoms with Gasteiger partial charge in [0.05, 0.1) is 23.0 Å². The van der Waals surface area contributed by atoms with E-state index in [1.807, 2.05) is 0 Å². The number of aliphatic carboxylic acids is 2. The monoisotopic (exact) mass is 366 g/mol. The first-order valence-corrected chi connectivity index (χ1v) is 10.0. The highest BCUT2D eigenvalue weighted by molar-refractivity contribution is 5.78. The smallest absolute Gasteiger partial charge is 0.312 e. The van der Waals surface area contributed by atoms with Crippen LogP contribution < -0.4 is 0 Å². The van der Waals surface area contributed by atoms with Gasteiger partial charge in [-0.15, -0.1) is 0 Å². The summed E-state index contributed by atoms with van der Waals surface area (Å²) in [6.07, 6.45) is 4.23. The molecule has 6 nitrogen and oxygen atoms in total. The molecule has 0 aromatic rings. The quantitative estimate of drug-likeness (QED) is 0.596. The van der Waals surface area contributed by atoms with Crippen LogP contribution >= 0.6 is 0 Å². The van der Waals surface area contributed by atoms with Crippen molar-refractivity contribution in [1.29, 1.82) is 0 Å². The second-order valence-corrected chi connectivity index (χ2v) is 9.63. The van der Waals surface area contributed by atoms with Crippen LogP contribution in [-0.2, 0) is 9.59 Å². The molecule has 0 amide bonds. The van der Waals surface area contributed by atoms with Crippen molar-refractivity contribution in [2.75, 3.05) is 0 Å². The Labute approximate surface area is 153 Å². The van der Waals surface area contributed by atoms with Gasteiger partial charge in [-0.25, -0.2) is 0 Å². The molecule has 0 spiro atoms. The van der Waals surface area contributed by atoms with Crippen LogP contribution in [0.3, 0.4) is 0 Å². The summed E-state index contributed by atoms with van der Waals surface area (Å²) in [7, 11) is 0. The molecule has 0 aliphatic heterocycles. The highest BCUT2D eigenvalue weighted by Crippen LogP contribution is 2.68. The number of carbonyl (C=O) groups is 2. The molecule has 6 heteroatoms. The Morgan fingerprint density at radius 3 is 2.31 bits per heavy atom. The van der Waals surface area contributed by atoms with E-state index in [1.54, 1.807) is 0 Å². The molecular formula is C20H30O6. The highest BCUT2D eigenvalue weighted by Gasteiger charge is 2.69. The molecule has 0 aromatic heterocycles. The maximum atomic E-state index is 12.5. The largest absolute Gasteiger partial charge is 0.481 e. The van der Waals surface area contributed by atoms with Crippen LogP contribution in [0, 0.1) is 34.5 Å².